The third kappa shape index (κ3) is 2.14. The SMILES string of the molecule is Nc1ccc(O)c(-c2cccc(CS)c2)c1. The van der Waals surface area contributed by atoms with Crippen molar-refractivity contribution in [2.75, 3.05) is 5.73 Å². The molecule has 0 spiro atoms. The molecular weight excluding hydrogens is 218 g/mol. The highest BCUT2D eigenvalue weighted by molar-refractivity contribution is 7.79. The molecule has 2 rings (SSSR count). The lowest BCUT2D eigenvalue weighted by Gasteiger charge is -2.07. The Bertz CT molecular complexity index is 511. The minimum Gasteiger partial charge on any atom is -0.507 e. The van der Waals surface area contributed by atoms with Crippen LogP contribution in [-0.4, -0.2) is 5.11 Å². The largest absolute Gasteiger partial charge is 0.507 e. The van der Waals surface area contributed by atoms with E-state index in [1.807, 2.05) is 24.3 Å². The molecule has 2 nitrogen and oxygen atoms in total. The van der Waals surface area contributed by atoms with Gasteiger partial charge in [-0.3, -0.25) is 0 Å². The highest BCUT2D eigenvalue weighted by Gasteiger charge is 2.04. The minimum atomic E-state index is 0.241. The summed E-state index contributed by atoms with van der Waals surface area (Å²) in [5.41, 5.74) is 9.17. The molecule has 0 atom stereocenters. The fraction of sp³-hybridized carbons (Fsp3) is 0.0769. The van der Waals surface area contributed by atoms with E-state index < -0.39 is 0 Å². The van der Waals surface area contributed by atoms with Gasteiger partial charge in [0.15, 0.2) is 0 Å². The number of nitrogen functional groups attached to an aromatic ring is 1. The predicted molar refractivity (Wildman–Crippen MR) is 70.6 cm³/mol. The number of benzene rings is 2. The van der Waals surface area contributed by atoms with Crippen molar-refractivity contribution in [1.82, 2.24) is 0 Å². The maximum atomic E-state index is 9.78. The van der Waals surface area contributed by atoms with Gasteiger partial charge in [0.2, 0.25) is 0 Å². The van der Waals surface area contributed by atoms with E-state index in [1.54, 1.807) is 18.2 Å². The van der Waals surface area contributed by atoms with Crippen molar-refractivity contribution in [2.45, 2.75) is 5.75 Å². The molecule has 0 aliphatic heterocycles. The monoisotopic (exact) mass is 231 g/mol. The van der Waals surface area contributed by atoms with Crippen molar-refractivity contribution in [3.63, 3.8) is 0 Å². The van der Waals surface area contributed by atoms with Crippen LogP contribution in [-0.2, 0) is 5.75 Å². The Balaban J connectivity index is 2.53. The van der Waals surface area contributed by atoms with Crippen molar-refractivity contribution in [1.29, 1.82) is 0 Å². The third-order valence-electron chi connectivity index (χ3n) is 2.44. The highest BCUT2D eigenvalue weighted by Crippen LogP contribution is 2.31. The molecule has 0 saturated heterocycles. The molecule has 0 heterocycles. The number of hydrogen-bond donors (Lipinski definition) is 3. The normalized spacial score (nSPS) is 10.3. The first-order chi connectivity index (χ1) is 7.70. The van der Waals surface area contributed by atoms with E-state index in [9.17, 15) is 5.11 Å². The van der Waals surface area contributed by atoms with E-state index in [2.05, 4.69) is 12.6 Å². The Morgan fingerprint density at radius 2 is 1.94 bits per heavy atom. The Labute approximate surface area is 100 Å². The lowest BCUT2D eigenvalue weighted by molar-refractivity contribution is 0.477. The van der Waals surface area contributed by atoms with Gasteiger partial charge in [-0.15, -0.1) is 0 Å². The van der Waals surface area contributed by atoms with Crippen molar-refractivity contribution in [3.05, 3.63) is 48.0 Å². The average molecular weight is 231 g/mol. The van der Waals surface area contributed by atoms with Crippen LogP contribution in [0.2, 0.25) is 0 Å². The molecule has 0 saturated carbocycles. The van der Waals surface area contributed by atoms with Gasteiger partial charge in [0.25, 0.3) is 0 Å². The first kappa shape index (κ1) is 10.9. The summed E-state index contributed by atoms with van der Waals surface area (Å²) in [6.07, 6.45) is 0. The van der Waals surface area contributed by atoms with Gasteiger partial charge >= 0.3 is 0 Å². The van der Waals surface area contributed by atoms with Crippen molar-refractivity contribution in [2.24, 2.45) is 0 Å². The summed E-state index contributed by atoms with van der Waals surface area (Å²) in [6, 6.07) is 13.0. The third-order valence-corrected chi connectivity index (χ3v) is 2.81. The van der Waals surface area contributed by atoms with Crippen LogP contribution < -0.4 is 5.73 Å². The Hall–Kier alpha value is -1.61. The van der Waals surface area contributed by atoms with Crippen molar-refractivity contribution in [3.8, 4) is 16.9 Å². The second-order valence-electron chi connectivity index (χ2n) is 3.64. The molecule has 2 aromatic carbocycles. The first-order valence-corrected chi connectivity index (χ1v) is 5.62. The molecule has 3 heteroatoms. The van der Waals surface area contributed by atoms with Gasteiger partial charge < -0.3 is 10.8 Å². The summed E-state index contributed by atoms with van der Waals surface area (Å²) in [7, 11) is 0. The first-order valence-electron chi connectivity index (χ1n) is 4.99. The zero-order valence-electron chi connectivity index (χ0n) is 8.72. The van der Waals surface area contributed by atoms with Gasteiger partial charge in [0, 0.05) is 17.0 Å². The van der Waals surface area contributed by atoms with E-state index in [-0.39, 0.29) is 5.75 Å². The zero-order chi connectivity index (χ0) is 11.5. The average Bonchev–Trinajstić information content (AvgIpc) is 2.32. The molecule has 0 radical (unpaired) electrons. The summed E-state index contributed by atoms with van der Waals surface area (Å²) in [6.45, 7) is 0. The molecule has 82 valence electrons. The predicted octanol–water partition coefficient (Wildman–Crippen LogP) is 3.07. The van der Waals surface area contributed by atoms with Gasteiger partial charge in [0.1, 0.15) is 5.75 Å². The Kier molecular flexibility index (Phi) is 3.06. The molecule has 16 heavy (non-hydrogen) atoms. The number of phenolic OH excluding ortho intramolecular Hbond substituents is 1. The van der Waals surface area contributed by atoms with E-state index in [0.29, 0.717) is 11.4 Å². The number of phenols is 1. The number of aromatic hydroxyl groups is 1. The summed E-state index contributed by atoms with van der Waals surface area (Å²) >= 11 is 4.23. The maximum Gasteiger partial charge on any atom is 0.123 e. The highest BCUT2D eigenvalue weighted by atomic mass is 32.1. The summed E-state index contributed by atoms with van der Waals surface area (Å²) in [5, 5.41) is 9.78. The Morgan fingerprint density at radius 1 is 1.12 bits per heavy atom. The lowest BCUT2D eigenvalue weighted by atomic mass is 10.0. The van der Waals surface area contributed by atoms with E-state index in [4.69, 9.17) is 5.73 Å². The van der Waals surface area contributed by atoms with Crippen LogP contribution in [0.5, 0.6) is 5.75 Å². The van der Waals surface area contributed by atoms with Gasteiger partial charge in [-0.2, -0.15) is 12.6 Å². The molecule has 3 N–H and O–H groups in total. The molecular formula is C13H13NOS. The van der Waals surface area contributed by atoms with Gasteiger partial charge in [-0.05, 0) is 29.3 Å². The molecule has 0 aliphatic rings. The van der Waals surface area contributed by atoms with E-state index >= 15 is 0 Å². The standard InChI is InChI=1S/C13H13NOS/c14-11-4-5-13(15)12(7-11)10-3-1-2-9(6-10)8-16/h1-7,15-16H,8,14H2. The smallest absolute Gasteiger partial charge is 0.123 e. The van der Waals surface area contributed by atoms with Crippen molar-refractivity contribution >= 4 is 18.3 Å². The zero-order valence-corrected chi connectivity index (χ0v) is 9.61. The Morgan fingerprint density at radius 3 is 2.69 bits per heavy atom. The van der Waals surface area contributed by atoms with Crippen LogP contribution in [0.25, 0.3) is 11.1 Å². The topological polar surface area (TPSA) is 46.2 Å². The van der Waals surface area contributed by atoms with Crippen LogP contribution in [0.15, 0.2) is 42.5 Å². The molecule has 0 unspecified atom stereocenters. The fourth-order valence-corrected chi connectivity index (χ4v) is 1.82. The molecule has 0 aliphatic carbocycles. The molecule has 2 aromatic rings. The van der Waals surface area contributed by atoms with Gasteiger partial charge in [-0.25, -0.2) is 0 Å². The van der Waals surface area contributed by atoms with E-state index in [0.717, 1.165) is 16.7 Å². The van der Waals surface area contributed by atoms with Crippen LogP contribution in [0, 0.1) is 0 Å². The van der Waals surface area contributed by atoms with E-state index in [1.165, 1.54) is 0 Å². The number of hydrogen-bond acceptors (Lipinski definition) is 3. The van der Waals surface area contributed by atoms with Gasteiger partial charge in [-0.1, -0.05) is 24.3 Å². The second-order valence-corrected chi connectivity index (χ2v) is 3.95. The molecule has 0 fully saturated rings. The van der Waals surface area contributed by atoms with Gasteiger partial charge in [0.05, 0.1) is 0 Å². The molecule has 0 amide bonds. The van der Waals surface area contributed by atoms with Crippen LogP contribution in [0.1, 0.15) is 5.56 Å². The quantitative estimate of drug-likeness (QED) is 0.422. The lowest BCUT2D eigenvalue weighted by Crippen LogP contribution is -1.87. The van der Waals surface area contributed by atoms with Crippen LogP contribution in [0.3, 0.4) is 0 Å². The maximum absolute atomic E-state index is 9.78. The minimum absolute atomic E-state index is 0.241. The number of rotatable bonds is 2. The molecule has 0 bridgehead atoms. The summed E-state index contributed by atoms with van der Waals surface area (Å²) in [5.74, 6) is 0.919. The summed E-state index contributed by atoms with van der Waals surface area (Å²) < 4.78 is 0. The van der Waals surface area contributed by atoms with Crippen LogP contribution >= 0.6 is 12.6 Å². The van der Waals surface area contributed by atoms with Crippen molar-refractivity contribution < 1.29 is 5.11 Å². The second kappa shape index (κ2) is 4.49. The van der Waals surface area contributed by atoms with Crippen LogP contribution in [0.4, 0.5) is 5.69 Å². The number of nitrogens with two attached hydrogens (primary N) is 1. The number of anilines is 1. The fourth-order valence-electron chi connectivity index (χ4n) is 1.62. The summed E-state index contributed by atoms with van der Waals surface area (Å²) in [4.78, 5) is 0. The molecule has 0 aromatic heterocycles. The number of thiol groups is 1.